The van der Waals surface area contributed by atoms with Gasteiger partial charge >= 0.3 is 5.97 Å². The molecule has 0 unspecified atom stereocenters. The maximum absolute atomic E-state index is 14.1. The van der Waals surface area contributed by atoms with Gasteiger partial charge in [-0.05, 0) is 45.4 Å². The topological polar surface area (TPSA) is 72.2 Å². The molecule has 1 aromatic carbocycles. The van der Waals surface area contributed by atoms with Gasteiger partial charge < -0.3 is 5.11 Å². The average Bonchev–Trinajstić information content (AvgIpc) is 2.39. The highest BCUT2D eigenvalue weighted by Crippen LogP contribution is 2.27. The smallest absolute Gasteiger partial charge is 0.309 e. The lowest BCUT2D eigenvalue weighted by atomic mass is 9.98. The van der Waals surface area contributed by atoms with E-state index >= 15 is 0 Å². The molecule has 1 heterocycles. The van der Waals surface area contributed by atoms with Gasteiger partial charge in [-0.1, -0.05) is 6.07 Å². The first-order valence-corrected chi connectivity index (χ1v) is 7.08. The molecule has 5 nitrogen and oxygen atoms in total. The number of halogens is 1. The molecule has 0 spiro atoms. The Morgan fingerprint density at radius 2 is 2.05 bits per heavy atom. The summed E-state index contributed by atoms with van der Waals surface area (Å²) in [5.74, 6) is -1.11. The Bertz CT molecular complexity index is 788. The minimum Gasteiger partial charge on any atom is -0.481 e. The van der Waals surface area contributed by atoms with E-state index in [9.17, 15) is 14.0 Å². The van der Waals surface area contributed by atoms with E-state index in [4.69, 9.17) is 5.11 Å². The summed E-state index contributed by atoms with van der Waals surface area (Å²) >= 11 is 0. The predicted octanol–water partition coefficient (Wildman–Crippen LogP) is 2.81. The Hall–Kier alpha value is -2.24. The first kappa shape index (κ1) is 16.1. The Morgan fingerprint density at radius 1 is 1.41 bits per heavy atom. The van der Waals surface area contributed by atoms with Crippen LogP contribution in [0.15, 0.2) is 23.0 Å². The third kappa shape index (κ3) is 3.00. The summed E-state index contributed by atoms with van der Waals surface area (Å²) < 4.78 is 15.7. The summed E-state index contributed by atoms with van der Waals surface area (Å²) in [6.45, 7) is 6.62. The van der Waals surface area contributed by atoms with Crippen LogP contribution in [0, 0.1) is 0 Å². The highest BCUT2D eigenvalue weighted by molar-refractivity contribution is 5.81. The van der Waals surface area contributed by atoms with Gasteiger partial charge in [-0.25, -0.2) is 4.39 Å². The molecule has 0 amide bonds. The third-order valence-corrected chi connectivity index (χ3v) is 3.47. The summed E-state index contributed by atoms with van der Waals surface area (Å²) in [6, 6.07) is 4.61. The normalized spacial score (nSPS) is 12.1. The van der Waals surface area contributed by atoms with E-state index in [1.54, 1.807) is 22.9 Å². The number of aromatic nitrogens is 2. The molecule has 1 N–H and O–H groups in total. The molecular formula is C16H19FN2O3. The van der Waals surface area contributed by atoms with Gasteiger partial charge in [-0.3, -0.25) is 14.3 Å². The van der Waals surface area contributed by atoms with Gasteiger partial charge in [-0.2, -0.15) is 5.10 Å². The van der Waals surface area contributed by atoms with Gasteiger partial charge in [0.25, 0.3) is 0 Å². The maximum atomic E-state index is 14.1. The van der Waals surface area contributed by atoms with Crippen molar-refractivity contribution in [1.82, 2.24) is 9.78 Å². The van der Waals surface area contributed by atoms with Gasteiger partial charge in [0.2, 0.25) is 5.43 Å². The summed E-state index contributed by atoms with van der Waals surface area (Å²) in [5, 5.41) is 13.4. The number of benzene rings is 1. The lowest BCUT2D eigenvalue weighted by Gasteiger charge is -2.19. The van der Waals surface area contributed by atoms with Gasteiger partial charge in [0.05, 0.1) is 11.9 Å². The molecule has 0 aliphatic heterocycles. The van der Waals surface area contributed by atoms with Crippen LogP contribution in [0.25, 0.3) is 10.9 Å². The first-order valence-electron chi connectivity index (χ1n) is 7.08. The SMILES string of the molecule is CC(C)n1nc(CC(=O)O)c(=O)c2ccc(C(C)(C)F)cc21. The van der Waals surface area contributed by atoms with Crippen LogP contribution >= 0.6 is 0 Å². The second kappa shape index (κ2) is 5.51. The highest BCUT2D eigenvalue weighted by atomic mass is 19.1. The Balaban J connectivity index is 2.81. The van der Waals surface area contributed by atoms with Crippen LogP contribution in [0.2, 0.25) is 0 Å². The van der Waals surface area contributed by atoms with E-state index in [0.29, 0.717) is 16.5 Å². The standard InChI is InChI=1S/C16H19FN2O3/c1-9(2)19-13-7-10(16(3,4)17)5-6-11(13)15(22)12(18-19)8-14(20)21/h5-7,9H,8H2,1-4H3,(H,20,21). The number of hydrogen-bond acceptors (Lipinski definition) is 3. The summed E-state index contributed by atoms with van der Waals surface area (Å²) in [6.07, 6.45) is -0.433. The van der Waals surface area contributed by atoms with Crippen molar-refractivity contribution in [3.63, 3.8) is 0 Å². The minimum atomic E-state index is -1.54. The molecule has 0 radical (unpaired) electrons. The quantitative estimate of drug-likeness (QED) is 0.942. The number of aliphatic carboxylic acids is 1. The predicted molar refractivity (Wildman–Crippen MR) is 81.9 cm³/mol. The van der Waals surface area contributed by atoms with Gasteiger partial charge in [-0.15, -0.1) is 0 Å². The summed E-state index contributed by atoms with van der Waals surface area (Å²) in [7, 11) is 0. The lowest BCUT2D eigenvalue weighted by Crippen LogP contribution is -2.23. The molecule has 2 rings (SSSR count). The van der Waals surface area contributed by atoms with Crippen molar-refractivity contribution >= 4 is 16.9 Å². The number of alkyl halides is 1. The summed E-state index contributed by atoms with van der Waals surface area (Å²) in [5.41, 5.74) is -1.01. The van der Waals surface area contributed by atoms with Gasteiger partial charge in [0.1, 0.15) is 11.4 Å². The van der Waals surface area contributed by atoms with Crippen LogP contribution in [0.4, 0.5) is 4.39 Å². The van der Waals surface area contributed by atoms with Gasteiger partial charge in [0.15, 0.2) is 0 Å². The van der Waals surface area contributed by atoms with E-state index in [-0.39, 0.29) is 11.7 Å². The molecule has 0 aliphatic carbocycles. The number of carboxylic acid groups (broad SMARTS) is 1. The van der Waals surface area contributed by atoms with Crippen molar-refractivity contribution in [3.8, 4) is 0 Å². The lowest BCUT2D eigenvalue weighted by molar-refractivity contribution is -0.136. The Morgan fingerprint density at radius 3 is 2.55 bits per heavy atom. The largest absolute Gasteiger partial charge is 0.481 e. The number of carboxylic acids is 1. The first-order chi connectivity index (χ1) is 10.1. The molecule has 0 fully saturated rings. The van der Waals surface area contributed by atoms with Crippen molar-refractivity contribution in [2.24, 2.45) is 0 Å². The fourth-order valence-corrected chi connectivity index (χ4v) is 2.32. The number of fused-ring (bicyclic) bond motifs is 1. The van der Waals surface area contributed by atoms with Crippen LogP contribution < -0.4 is 5.43 Å². The zero-order valence-corrected chi connectivity index (χ0v) is 13.1. The van der Waals surface area contributed by atoms with E-state index in [1.807, 2.05) is 13.8 Å². The molecule has 22 heavy (non-hydrogen) atoms. The van der Waals surface area contributed by atoms with Crippen molar-refractivity contribution in [2.45, 2.75) is 45.8 Å². The van der Waals surface area contributed by atoms with Crippen LogP contribution in [0.3, 0.4) is 0 Å². The zero-order chi connectivity index (χ0) is 16.7. The molecule has 0 saturated heterocycles. The molecule has 1 aromatic heterocycles. The maximum Gasteiger partial charge on any atom is 0.309 e. The summed E-state index contributed by atoms with van der Waals surface area (Å²) in [4.78, 5) is 23.3. The fraction of sp³-hybridized carbons (Fsp3) is 0.438. The third-order valence-electron chi connectivity index (χ3n) is 3.47. The van der Waals surface area contributed by atoms with Crippen LogP contribution in [0.1, 0.15) is 45.0 Å². The van der Waals surface area contributed by atoms with Crippen LogP contribution in [-0.4, -0.2) is 20.9 Å². The minimum absolute atomic E-state index is 0.0130. The van der Waals surface area contributed by atoms with Crippen LogP contribution in [0.5, 0.6) is 0 Å². The zero-order valence-electron chi connectivity index (χ0n) is 13.1. The second-order valence-corrected chi connectivity index (χ2v) is 6.09. The van der Waals surface area contributed by atoms with Crippen molar-refractivity contribution in [2.75, 3.05) is 0 Å². The number of rotatable bonds is 4. The number of nitrogens with zero attached hydrogens (tertiary/aromatic N) is 2. The van der Waals surface area contributed by atoms with E-state index in [2.05, 4.69) is 5.10 Å². The van der Waals surface area contributed by atoms with Crippen molar-refractivity contribution in [3.05, 3.63) is 39.7 Å². The number of hydrogen-bond donors (Lipinski definition) is 1. The van der Waals surface area contributed by atoms with Crippen molar-refractivity contribution in [1.29, 1.82) is 0 Å². The molecule has 2 aromatic rings. The highest BCUT2D eigenvalue weighted by Gasteiger charge is 2.21. The molecular weight excluding hydrogens is 287 g/mol. The molecule has 0 saturated carbocycles. The van der Waals surface area contributed by atoms with E-state index in [1.165, 1.54) is 13.8 Å². The molecule has 118 valence electrons. The monoisotopic (exact) mass is 306 g/mol. The van der Waals surface area contributed by atoms with Crippen LogP contribution in [-0.2, 0) is 16.9 Å². The van der Waals surface area contributed by atoms with E-state index < -0.39 is 23.5 Å². The fourth-order valence-electron chi connectivity index (χ4n) is 2.32. The number of carbonyl (C=O) groups is 1. The second-order valence-electron chi connectivity index (χ2n) is 6.09. The molecule has 0 atom stereocenters. The Kier molecular flexibility index (Phi) is 4.04. The molecule has 6 heteroatoms. The average molecular weight is 306 g/mol. The van der Waals surface area contributed by atoms with E-state index in [0.717, 1.165) is 0 Å². The molecule has 0 bridgehead atoms. The molecule has 0 aliphatic rings. The van der Waals surface area contributed by atoms with Gasteiger partial charge in [0, 0.05) is 11.4 Å². The Labute approximate surface area is 127 Å². The van der Waals surface area contributed by atoms with Crippen molar-refractivity contribution < 1.29 is 14.3 Å².